The predicted octanol–water partition coefficient (Wildman–Crippen LogP) is 0.510. The minimum Gasteiger partial charge on any atom is -0.469 e. The topological polar surface area (TPSA) is 59.1 Å². The third-order valence-corrected chi connectivity index (χ3v) is 4.06. The summed E-state index contributed by atoms with van der Waals surface area (Å²) in [5.41, 5.74) is 0. The molecule has 0 aromatic carbocycles. The fourth-order valence-electron chi connectivity index (χ4n) is 2.56. The molecule has 1 saturated heterocycles. The first-order valence-corrected chi connectivity index (χ1v) is 7.86. The average molecular weight is 298 g/mol. The summed E-state index contributed by atoms with van der Waals surface area (Å²) in [5, 5.41) is 0. The second-order valence-electron chi connectivity index (χ2n) is 5.73. The molecule has 2 aliphatic rings. The second-order valence-corrected chi connectivity index (χ2v) is 5.73. The van der Waals surface area contributed by atoms with Crippen molar-refractivity contribution in [2.24, 2.45) is 5.92 Å². The Hall–Kier alpha value is -1.14. The van der Waals surface area contributed by atoms with Crippen LogP contribution in [0.4, 0.5) is 0 Å². The molecule has 2 fully saturated rings. The van der Waals surface area contributed by atoms with Gasteiger partial charge in [-0.25, -0.2) is 0 Å². The van der Waals surface area contributed by atoms with Crippen LogP contribution in [0.5, 0.6) is 0 Å². The number of carbonyl (C=O) groups excluding carboxylic acids is 2. The van der Waals surface area contributed by atoms with Gasteiger partial charge in [-0.3, -0.25) is 14.5 Å². The van der Waals surface area contributed by atoms with E-state index in [2.05, 4.69) is 9.64 Å². The van der Waals surface area contributed by atoms with Gasteiger partial charge in [-0.1, -0.05) is 0 Å². The zero-order valence-electron chi connectivity index (χ0n) is 12.9. The average Bonchev–Trinajstić information content (AvgIpc) is 3.35. The standard InChI is InChI=1S/C15H26N2O4/c1-20-14(18)5-8-17(15(19)13-3-4-13)7-2-6-16-9-11-21-12-10-16/h13H,2-12H2,1H3. The van der Waals surface area contributed by atoms with Crippen LogP contribution in [0.3, 0.4) is 0 Å². The normalized spacial score (nSPS) is 19.3. The monoisotopic (exact) mass is 298 g/mol. The molecule has 0 spiro atoms. The lowest BCUT2D eigenvalue weighted by molar-refractivity contribution is -0.142. The Kier molecular flexibility index (Phi) is 6.45. The molecule has 0 radical (unpaired) electrons. The van der Waals surface area contributed by atoms with Crippen LogP contribution in [0, 0.1) is 5.92 Å². The van der Waals surface area contributed by atoms with Crippen molar-refractivity contribution in [2.75, 3.05) is 53.0 Å². The van der Waals surface area contributed by atoms with E-state index in [-0.39, 0.29) is 24.2 Å². The SMILES string of the molecule is COC(=O)CCN(CCCN1CCOCC1)C(=O)C1CC1. The number of hydrogen-bond acceptors (Lipinski definition) is 5. The zero-order valence-corrected chi connectivity index (χ0v) is 12.9. The molecule has 1 amide bonds. The molecule has 0 aromatic heterocycles. The van der Waals surface area contributed by atoms with E-state index in [1.54, 1.807) is 0 Å². The molecule has 0 aromatic rings. The van der Waals surface area contributed by atoms with Gasteiger partial charge in [0.15, 0.2) is 0 Å². The Morgan fingerprint density at radius 3 is 2.57 bits per heavy atom. The maximum Gasteiger partial charge on any atom is 0.307 e. The summed E-state index contributed by atoms with van der Waals surface area (Å²) in [5.74, 6) is 0.156. The van der Waals surface area contributed by atoms with Crippen LogP contribution in [0.1, 0.15) is 25.7 Å². The quantitative estimate of drug-likeness (QED) is 0.611. The first-order valence-electron chi connectivity index (χ1n) is 7.86. The molecule has 0 atom stereocenters. The highest BCUT2D eigenvalue weighted by molar-refractivity contribution is 5.81. The highest BCUT2D eigenvalue weighted by Gasteiger charge is 2.33. The van der Waals surface area contributed by atoms with Crippen molar-refractivity contribution in [2.45, 2.75) is 25.7 Å². The van der Waals surface area contributed by atoms with Crippen LogP contribution < -0.4 is 0 Å². The van der Waals surface area contributed by atoms with Crippen LogP contribution in [-0.2, 0) is 19.1 Å². The number of nitrogens with zero attached hydrogens (tertiary/aromatic N) is 2. The molecule has 0 N–H and O–H groups in total. The summed E-state index contributed by atoms with van der Waals surface area (Å²) in [6.07, 6.45) is 3.22. The molecule has 1 aliphatic heterocycles. The van der Waals surface area contributed by atoms with Crippen LogP contribution in [0.15, 0.2) is 0 Å². The molecule has 6 nitrogen and oxygen atoms in total. The summed E-state index contributed by atoms with van der Waals surface area (Å²) in [6.45, 7) is 5.72. The first-order chi connectivity index (χ1) is 10.2. The number of morpholine rings is 1. The number of methoxy groups -OCH3 is 1. The maximum atomic E-state index is 12.2. The molecule has 1 saturated carbocycles. The number of amides is 1. The van der Waals surface area contributed by atoms with E-state index in [0.29, 0.717) is 6.54 Å². The van der Waals surface area contributed by atoms with Gasteiger partial charge in [0.2, 0.25) is 5.91 Å². The first kappa shape index (κ1) is 16.2. The number of rotatable bonds is 8. The fourth-order valence-corrected chi connectivity index (χ4v) is 2.56. The second kappa shape index (κ2) is 8.34. The van der Waals surface area contributed by atoms with E-state index >= 15 is 0 Å². The number of ether oxygens (including phenoxy) is 2. The zero-order chi connectivity index (χ0) is 15.1. The predicted molar refractivity (Wildman–Crippen MR) is 77.8 cm³/mol. The highest BCUT2D eigenvalue weighted by Crippen LogP contribution is 2.31. The van der Waals surface area contributed by atoms with Gasteiger partial charge in [0.1, 0.15) is 0 Å². The van der Waals surface area contributed by atoms with Gasteiger partial charge in [0.05, 0.1) is 26.7 Å². The maximum absolute atomic E-state index is 12.2. The fraction of sp³-hybridized carbons (Fsp3) is 0.867. The molecule has 120 valence electrons. The minimum atomic E-state index is -0.253. The van der Waals surface area contributed by atoms with Gasteiger partial charge >= 0.3 is 5.97 Å². The van der Waals surface area contributed by atoms with Crippen molar-refractivity contribution in [3.63, 3.8) is 0 Å². The van der Waals surface area contributed by atoms with Crippen LogP contribution in [-0.4, -0.2) is 74.7 Å². The lowest BCUT2D eigenvalue weighted by Crippen LogP contribution is -2.40. The Bertz CT molecular complexity index is 352. The molecular formula is C15H26N2O4. The van der Waals surface area contributed by atoms with Crippen molar-refractivity contribution >= 4 is 11.9 Å². The van der Waals surface area contributed by atoms with Gasteiger partial charge in [0, 0.05) is 38.6 Å². The summed E-state index contributed by atoms with van der Waals surface area (Å²) in [4.78, 5) is 27.7. The van der Waals surface area contributed by atoms with Crippen LogP contribution in [0.25, 0.3) is 0 Å². The molecule has 1 heterocycles. The molecule has 0 unspecified atom stereocenters. The van der Waals surface area contributed by atoms with Gasteiger partial charge < -0.3 is 14.4 Å². The van der Waals surface area contributed by atoms with Crippen molar-refractivity contribution in [1.82, 2.24) is 9.80 Å². The van der Waals surface area contributed by atoms with Crippen LogP contribution >= 0.6 is 0 Å². The van der Waals surface area contributed by atoms with E-state index in [0.717, 1.165) is 58.7 Å². The Morgan fingerprint density at radius 1 is 1.24 bits per heavy atom. The number of hydrogen-bond donors (Lipinski definition) is 0. The summed E-state index contributed by atoms with van der Waals surface area (Å²) >= 11 is 0. The van der Waals surface area contributed by atoms with Crippen molar-refractivity contribution in [3.8, 4) is 0 Å². The lowest BCUT2D eigenvalue weighted by Gasteiger charge is -2.28. The summed E-state index contributed by atoms with van der Waals surface area (Å²) in [6, 6.07) is 0. The van der Waals surface area contributed by atoms with Gasteiger partial charge in [0.25, 0.3) is 0 Å². The van der Waals surface area contributed by atoms with E-state index in [4.69, 9.17) is 4.74 Å². The minimum absolute atomic E-state index is 0.200. The smallest absolute Gasteiger partial charge is 0.307 e. The number of esters is 1. The lowest BCUT2D eigenvalue weighted by atomic mass is 10.2. The van der Waals surface area contributed by atoms with Crippen LogP contribution in [0.2, 0.25) is 0 Å². The van der Waals surface area contributed by atoms with E-state index in [9.17, 15) is 9.59 Å². The van der Waals surface area contributed by atoms with E-state index < -0.39 is 0 Å². The van der Waals surface area contributed by atoms with E-state index in [1.807, 2.05) is 4.90 Å². The molecule has 0 bridgehead atoms. The third-order valence-electron chi connectivity index (χ3n) is 4.06. The van der Waals surface area contributed by atoms with Crippen molar-refractivity contribution < 1.29 is 19.1 Å². The van der Waals surface area contributed by atoms with E-state index in [1.165, 1.54) is 7.11 Å². The molecule has 2 rings (SSSR count). The molecule has 1 aliphatic carbocycles. The molecule has 6 heteroatoms. The Labute approximate surface area is 126 Å². The summed E-state index contributed by atoms with van der Waals surface area (Å²) < 4.78 is 9.98. The largest absolute Gasteiger partial charge is 0.469 e. The Morgan fingerprint density at radius 2 is 1.95 bits per heavy atom. The van der Waals surface area contributed by atoms with Gasteiger partial charge in [-0.2, -0.15) is 0 Å². The third kappa shape index (κ3) is 5.63. The van der Waals surface area contributed by atoms with Crippen molar-refractivity contribution in [1.29, 1.82) is 0 Å². The number of carbonyl (C=O) groups is 2. The van der Waals surface area contributed by atoms with Crippen molar-refractivity contribution in [3.05, 3.63) is 0 Å². The van der Waals surface area contributed by atoms with Gasteiger partial charge in [-0.15, -0.1) is 0 Å². The van der Waals surface area contributed by atoms with Gasteiger partial charge in [-0.05, 0) is 19.3 Å². The molecule has 21 heavy (non-hydrogen) atoms. The molecular weight excluding hydrogens is 272 g/mol. The highest BCUT2D eigenvalue weighted by atomic mass is 16.5. The summed E-state index contributed by atoms with van der Waals surface area (Å²) in [7, 11) is 1.38. The Balaban J connectivity index is 1.72.